The van der Waals surface area contributed by atoms with Crippen molar-refractivity contribution >= 4 is 54.4 Å². The Morgan fingerprint density at radius 3 is 2.35 bits per heavy atom. The molecular formula is C33H29N3S. The Bertz CT molecular complexity index is 1850. The van der Waals surface area contributed by atoms with E-state index < -0.39 is 0 Å². The molecule has 0 fully saturated rings. The lowest BCUT2D eigenvalue weighted by atomic mass is 9.93. The number of H-pyrrole nitrogens is 1. The van der Waals surface area contributed by atoms with Crippen LogP contribution in [-0.4, -0.2) is 15.7 Å². The molecule has 4 heteroatoms. The summed E-state index contributed by atoms with van der Waals surface area (Å²) in [7, 11) is 0. The zero-order valence-electron chi connectivity index (χ0n) is 21.4. The number of nitrogens with zero attached hydrogens (tertiary/aromatic N) is 2. The molecular weight excluding hydrogens is 470 g/mol. The van der Waals surface area contributed by atoms with Gasteiger partial charge in [0.1, 0.15) is 5.82 Å². The number of fused-ring (bicyclic) bond motifs is 7. The third-order valence-electron chi connectivity index (χ3n) is 7.76. The molecule has 0 saturated carbocycles. The van der Waals surface area contributed by atoms with E-state index in [2.05, 4.69) is 89.9 Å². The summed E-state index contributed by atoms with van der Waals surface area (Å²) >= 11 is 1.84. The lowest BCUT2D eigenvalue weighted by Gasteiger charge is -2.13. The highest BCUT2D eigenvalue weighted by Crippen LogP contribution is 2.44. The first-order valence-electron chi connectivity index (χ1n) is 13.1. The van der Waals surface area contributed by atoms with Crippen molar-refractivity contribution < 1.29 is 0 Å². The van der Waals surface area contributed by atoms with Crippen molar-refractivity contribution in [1.82, 2.24) is 9.97 Å². The Balaban J connectivity index is 1.35. The highest BCUT2D eigenvalue weighted by Gasteiger charge is 2.20. The average Bonchev–Trinajstić information content (AvgIpc) is 3.52. The minimum atomic E-state index is 0.491. The number of hydrogen-bond acceptors (Lipinski definition) is 3. The second kappa shape index (κ2) is 8.67. The van der Waals surface area contributed by atoms with Gasteiger partial charge < -0.3 is 4.98 Å². The number of nitrogens with one attached hydrogen (secondary N) is 1. The number of benzene rings is 4. The Kier molecular flexibility index (Phi) is 5.26. The van der Waals surface area contributed by atoms with Gasteiger partial charge in [-0.2, -0.15) is 0 Å². The summed E-state index contributed by atoms with van der Waals surface area (Å²) in [5, 5.41) is 8.74. The Labute approximate surface area is 220 Å². The van der Waals surface area contributed by atoms with Crippen LogP contribution in [0.4, 0.5) is 5.69 Å². The standard InChI is InChI=1S/C33H29N3S/c1-19(2)30-6-4-5-27-26-12-11-24(17-29(26)33-28(13-14-37-33)32(27)36-30)22-7-8-23-16-25(10-9-21(23)15-22)31-18-34-20(3)35-31/h7-19H,4-6H2,1-3H3,(H,34,35). The summed E-state index contributed by atoms with van der Waals surface area (Å²) in [5.41, 5.74) is 8.70. The van der Waals surface area contributed by atoms with Crippen molar-refractivity contribution in [3.05, 3.63) is 83.6 Å². The van der Waals surface area contributed by atoms with Crippen LogP contribution in [-0.2, 0) is 6.42 Å². The first-order chi connectivity index (χ1) is 18.0. The van der Waals surface area contributed by atoms with Crippen LogP contribution in [0.25, 0.3) is 54.0 Å². The van der Waals surface area contributed by atoms with Crippen molar-refractivity contribution in [3.8, 4) is 22.4 Å². The highest BCUT2D eigenvalue weighted by molar-refractivity contribution is 7.18. The fraction of sp³-hybridized carbons (Fsp3) is 0.212. The maximum absolute atomic E-state index is 5.25. The number of aliphatic imine (C=N–C) groups is 1. The van der Waals surface area contributed by atoms with Gasteiger partial charge in [-0.25, -0.2) is 4.98 Å². The number of imidazole rings is 1. The topological polar surface area (TPSA) is 41.0 Å². The maximum atomic E-state index is 5.25. The van der Waals surface area contributed by atoms with E-state index in [0.717, 1.165) is 29.9 Å². The zero-order valence-corrected chi connectivity index (χ0v) is 22.2. The molecule has 1 aliphatic rings. The fourth-order valence-corrected chi connectivity index (χ4v) is 6.70. The van der Waals surface area contributed by atoms with E-state index in [1.54, 1.807) is 0 Å². The van der Waals surface area contributed by atoms with Crippen LogP contribution in [0.1, 0.15) is 38.1 Å². The molecule has 0 spiro atoms. The highest BCUT2D eigenvalue weighted by atomic mass is 32.1. The van der Waals surface area contributed by atoms with Crippen molar-refractivity contribution in [1.29, 1.82) is 0 Å². The van der Waals surface area contributed by atoms with E-state index >= 15 is 0 Å². The molecule has 0 amide bonds. The van der Waals surface area contributed by atoms with Crippen molar-refractivity contribution in [2.24, 2.45) is 10.9 Å². The molecule has 0 radical (unpaired) electrons. The van der Waals surface area contributed by atoms with E-state index in [-0.39, 0.29) is 0 Å². The van der Waals surface area contributed by atoms with Gasteiger partial charge in [-0.15, -0.1) is 11.3 Å². The smallest absolute Gasteiger partial charge is 0.103 e. The molecule has 2 aromatic heterocycles. The zero-order chi connectivity index (χ0) is 25.1. The van der Waals surface area contributed by atoms with Gasteiger partial charge in [0.25, 0.3) is 0 Å². The fourth-order valence-electron chi connectivity index (χ4n) is 5.77. The summed E-state index contributed by atoms with van der Waals surface area (Å²) in [6, 6.07) is 22.7. The van der Waals surface area contributed by atoms with Crippen LogP contribution in [0, 0.1) is 12.8 Å². The Morgan fingerprint density at radius 1 is 0.811 bits per heavy atom. The van der Waals surface area contributed by atoms with E-state index in [4.69, 9.17) is 4.99 Å². The third kappa shape index (κ3) is 3.79. The summed E-state index contributed by atoms with van der Waals surface area (Å²) in [4.78, 5) is 12.9. The third-order valence-corrected chi connectivity index (χ3v) is 8.71. The Morgan fingerprint density at radius 2 is 1.57 bits per heavy atom. The number of aryl methyl sites for hydroxylation is 2. The first-order valence-corrected chi connectivity index (χ1v) is 14.0. The molecule has 0 saturated heterocycles. The number of aromatic amines is 1. The lowest BCUT2D eigenvalue weighted by molar-refractivity contribution is 0.807. The van der Waals surface area contributed by atoms with Gasteiger partial charge in [0.05, 0.1) is 17.6 Å². The molecule has 1 aliphatic heterocycles. The minimum Gasteiger partial charge on any atom is -0.342 e. The monoisotopic (exact) mass is 499 g/mol. The lowest BCUT2D eigenvalue weighted by Crippen LogP contribution is -2.05. The van der Waals surface area contributed by atoms with Crippen LogP contribution >= 0.6 is 11.3 Å². The first kappa shape index (κ1) is 22.4. The predicted octanol–water partition coefficient (Wildman–Crippen LogP) is 9.64. The SMILES string of the molecule is Cc1ncc(-c2ccc3cc(-c4ccc5c6c(c7ccsc7c5c4)N=C(C(C)C)CCC6)ccc3c2)[nH]1. The molecule has 182 valence electrons. The van der Waals surface area contributed by atoms with E-state index in [1.165, 1.54) is 66.1 Å². The van der Waals surface area contributed by atoms with Gasteiger partial charge in [0.2, 0.25) is 0 Å². The molecule has 0 bridgehead atoms. The normalized spacial score (nSPS) is 13.9. The number of aromatic nitrogens is 2. The quantitative estimate of drug-likeness (QED) is 0.259. The molecule has 4 aromatic carbocycles. The van der Waals surface area contributed by atoms with Crippen molar-refractivity contribution in [3.63, 3.8) is 0 Å². The summed E-state index contributed by atoms with van der Waals surface area (Å²) in [6.45, 7) is 6.52. The molecule has 6 aromatic rings. The Hall–Kier alpha value is -3.76. The molecule has 7 rings (SSSR count). The van der Waals surface area contributed by atoms with Crippen LogP contribution < -0.4 is 0 Å². The van der Waals surface area contributed by atoms with Gasteiger partial charge in [-0.3, -0.25) is 4.99 Å². The second-order valence-corrected chi connectivity index (χ2v) is 11.4. The van der Waals surface area contributed by atoms with E-state index in [1.807, 2.05) is 24.5 Å². The number of hydrogen-bond donors (Lipinski definition) is 1. The summed E-state index contributed by atoms with van der Waals surface area (Å²) in [6.07, 6.45) is 5.25. The largest absolute Gasteiger partial charge is 0.342 e. The summed E-state index contributed by atoms with van der Waals surface area (Å²) < 4.78 is 1.35. The molecule has 3 heterocycles. The van der Waals surface area contributed by atoms with Crippen molar-refractivity contribution in [2.45, 2.75) is 40.0 Å². The van der Waals surface area contributed by atoms with Crippen LogP contribution in [0.2, 0.25) is 0 Å². The second-order valence-electron chi connectivity index (χ2n) is 10.5. The van der Waals surface area contributed by atoms with Crippen molar-refractivity contribution in [2.75, 3.05) is 0 Å². The number of rotatable bonds is 3. The molecule has 3 nitrogen and oxygen atoms in total. The van der Waals surface area contributed by atoms with Crippen LogP contribution in [0.5, 0.6) is 0 Å². The molecule has 0 unspecified atom stereocenters. The van der Waals surface area contributed by atoms with Gasteiger partial charge in [0.15, 0.2) is 0 Å². The van der Waals surface area contributed by atoms with E-state index in [0.29, 0.717) is 5.92 Å². The summed E-state index contributed by atoms with van der Waals surface area (Å²) in [5.74, 6) is 1.43. The van der Waals surface area contributed by atoms with E-state index in [9.17, 15) is 0 Å². The van der Waals surface area contributed by atoms with Gasteiger partial charge in [0, 0.05) is 26.7 Å². The molecule has 37 heavy (non-hydrogen) atoms. The predicted molar refractivity (Wildman–Crippen MR) is 159 cm³/mol. The van der Waals surface area contributed by atoms with Gasteiger partial charge in [-0.1, -0.05) is 50.2 Å². The average molecular weight is 500 g/mol. The van der Waals surface area contributed by atoms with Gasteiger partial charge >= 0.3 is 0 Å². The minimum absolute atomic E-state index is 0.491. The molecule has 1 N–H and O–H groups in total. The number of thiophene rings is 1. The van der Waals surface area contributed by atoms with Gasteiger partial charge in [-0.05, 0) is 94.6 Å². The van der Waals surface area contributed by atoms with Crippen LogP contribution in [0.15, 0.2) is 77.2 Å². The maximum Gasteiger partial charge on any atom is 0.103 e. The molecule has 0 aliphatic carbocycles. The van der Waals surface area contributed by atoms with Crippen LogP contribution in [0.3, 0.4) is 0 Å². The molecule has 0 atom stereocenters.